The first-order valence-electron chi connectivity index (χ1n) is 12.0. The van der Waals surface area contributed by atoms with Crippen LogP contribution in [0, 0.1) is 6.92 Å². The van der Waals surface area contributed by atoms with E-state index in [1.165, 1.54) is 0 Å². The summed E-state index contributed by atoms with van der Waals surface area (Å²) in [5, 5.41) is 5.20. The zero-order valence-electron chi connectivity index (χ0n) is 19.7. The second kappa shape index (κ2) is 9.63. The summed E-state index contributed by atoms with van der Waals surface area (Å²) in [7, 11) is 0. The summed E-state index contributed by atoms with van der Waals surface area (Å²) in [5.41, 5.74) is 4.13. The maximum absolute atomic E-state index is 13.1. The molecule has 0 aliphatic carbocycles. The SMILES string of the molecule is CCCc1nc(N2CCCN(C(=O)c3ccc(C)cc3)CC2)c2c(-c3ccccc3)noc2n1. The van der Waals surface area contributed by atoms with Crippen LogP contribution in [0.5, 0.6) is 0 Å². The summed E-state index contributed by atoms with van der Waals surface area (Å²) in [6.45, 7) is 6.98. The maximum Gasteiger partial charge on any atom is 0.263 e. The number of anilines is 1. The van der Waals surface area contributed by atoms with E-state index in [-0.39, 0.29) is 5.91 Å². The molecule has 34 heavy (non-hydrogen) atoms. The van der Waals surface area contributed by atoms with Crippen LogP contribution in [0.4, 0.5) is 5.82 Å². The lowest BCUT2D eigenvalue weighted by atomic mass is 10.1. The molecular formula is C27H29N5O2. The van der Waals surface area contributed by atoms with Crippen LogP contribution in [-0.4, -0.2) is 52.1 Å². The Kier molecular flexibility index (Phi) is 6.25. The minimum Gasteiger partial charge on any atom is -0.354 e. The van der Waals surface area contributed by atoms with Gasteiger partial charge in [-0.2, -0.15) is 4.98 Å². The molecule has 0 radical (unpaired) electrons. The topological polar surface area (TPSA) is 75.4 Å². The van der Waals surface area contributed by atoms with Crippen molar-refractivity contribution in [1.82, 2.24) is 20.0 Å². The molecule has 0 bridgehead atoms. The molecule has 3 heterocycles. The first-order chi connectivity index (χ1) is 16.6. The molecule has 1 aliphatic heterocycles. The Hall–Kier alpha value is -3.74. The van der Waals surface area contributed by atoms with Gasteiger partial charge in [0.05, 0.1) is 0 Å². The predicted molar refractivity (Wildman–Crippen MR) is 133 cm³/mol. The minimum absolute atomic E-state index is 0.0799. The zero-order chi connectivity index (χ0) is 23.5. The second-order valence-corrected chi connectivity index (χ2v) is 8.79. The lowest BCUT2D eigenvalue weighted by Gasteiger charge is -2.24. The monoisotopic (exact) mass is 455 g/mol. The molecule has 0 atom stereocenters. The van der Waals surface area contributed by atoms with Gasteiger partial charge in [-0.25, -0.2) is 4.98 Å². The molecule has 174 valence electrons. The highest BCUT2D eigenvalue weighted by Crippen LogP contribution is 2.34. The van der Waals surface area contributed by atoms with Gasteiger partial charge < -0.3 is 14.3 Å². The molecule has 1 aliphatic rings. The smallest absolute Gasteiger partial charge is 0.263 e. The van der Waals surface area contributed by atoms with Gasteiger partial charge in [-0.3, -0.25) is 4.79 Å². The average molecular weight is 456 g/mol. The number of aromatic nitrogens is 3. The summed E-state index contributed by atoms with van der Waals surface area (Å²) in [6, 6.07) is 17.8. The molecule has 2 aromatic heterocycles. The number of amides is 1. The van der Waals surface area contributed by atoms with Crippen LogP contribution in [0.3, 0.4) is 0 Å². The van der Waals surface area contributed by atoms with Crippen molar-refractivity contribution in [2.75, 3.05) is 31.1 Å². The number of carbonyl (C=O) groups excluding carboxylic acids is 1. The maximum atomic E-state index is 13.1. The number of rotatable bonds is 5. The van der Waals surface area contributed by atoms with Gasteiger partial charge in [0.25, 0.3) is 11.6 Å². The van der Waals surface area contributed by atoms with Crippen LogP contribution in [0.15, 0.2) is 59.1 Å². The molecule has 0 N–H and O–H groups in total. The Balaban J connectivity index is 1.47. The van der Waals surface area contributed by atoms with Crippen molar-refractivity contribution in [2.24, 2.45) is 0 Å². The van der Waals surface area contributed by atoms with Crippen molar-refractivity contribution in [3.63, 3.8) is 0 Å². The normalized spacial score (nSPS) is 14.4. The molecule has 1 fully saturated rings. The van der Waals surface area contributed by atoms with Gasteiger partial charge in [-0.05, 0) is 31.9 Å². The van der Waals surface area contributed by atoms with Gasteiger partial charge in [0.15, 0.2) is 0 Å². The molecule has 1 amide bonds. The summed E-state index contributed by atoms with van der Waals surface area (Å²) in [6.07, 6.45) is 2.58. The van der Waals surface area contributed by atoms with E-state index in [0.29, 0.717) is 25.3 Å². The zero-order valence-corrected chi connectivity index (χ0v) is 19.7. The minimum atomic E-state index is 0.0799. The van der Waals surface area contributed by atoms with Crippen molar-refractivity contribution >= 4 is 22.8 Å². The Morgan fingerprint density at radius 2 is 1.76 bits per heavy atom. The second-order valence-electron chi connectivity index (χ2n) is 8.79. The molecular weight excluding hydrogens is 426 g/mol. The number of carbonyl (C=O) groups is 1. The predicted octanol–water partition coefficient (Wildman–Crippen LogP) is 4.90. The lowest BCUT2D eigenvalue weighted by Crippen LogP contribution is -2.35. The van der Waals surface area contributed by atoms with Crippen molar-refractivity contribution in [3.8, 4) is 11.3 Å². The van der Waals surface area contributed by atoms with Gasteiger partial charge in [0, 0.05) is 43.7 Å². The molecule has 7 heteroatoms. The highest BCUT2D eigenvalue weighted by atomic mass is 16.5. The highest BCUT2D eigenvalue weighted by Gasteiger charge is 2.26. The van der Waals surface area contributed by atoms with Gasteiger partial charge in [0.1, 0.15) is 22.7 Å². The summed E-state index contributed by atoms with van der Waals surface area (Å²) >= 11 is 0. The van der Waals surface area contributed by atoms with Crippen LogP contribution in [0.1, 0.15) is 41.5 Å². The van der Waals surface area contributed by atoms with Crippen molar-refractivity contribution in [3.05, 3.63) is 71.5 Å². The van der Waals surface area contributed by atoms with E-state index >= 15 is 0 Å². The Morgan fingerprint density at radius 1 is 0.971 bits per heavy atom. The standard InChI is InChI=1S/C27H29N5O2/c1-3-8-22-28-25(23-24(30-34-26(23)29-22)20-9-5-4-6-10-20)31-15-7-16-32(18-17-31)27(33)21-13-11-19(2)12-14-21/h4-6,9-14H,3,7-8,15-18H2,1-2H3. The molecule has 7 nitrogen and oxygen atoms in total. The third kappa shape index (κ3) is 4.38. The number of hydrogen-bond acceptors (Lipinski definition) is 6. The molecule has 0 unspecified atom stereocenters. The lowest BCUT2D eigenvalue weighted by molar-refractivity contribution is 0.0767. The number of aryl methyl sites for hydroxylation is 2. The van der Waals surface area contributed by atoms with E-state index in [4.69, 9.17) is 9.51 Å². The van der Waals surface area contributed by atoms with Crippen molar-refractivity contribution in [1.29, 1.82) is 0 Å². The van der Waals surface area contributed by atoms with Gasteiger partial charge in [0.2, 0.25) is 0 Å². The fourth-order valence-electron chi connectivity index (χ4n) is 4.45. The summed E-state index contributed by atoms with van der Waals surface area (Å²) < 4.78 is 5.69. The van der Waals surface area contributed by atoms with E-state index < -0.39 is 0 Å². The number of fused-ring (bicyclic) bond motifs is 1. The van der Waals surface area contributed by atoms with Crippen molar-refractivity contribution < 1.29 is 9.32 Å². The summed E-state index contributed by atoms with van der Waals surface area (Å²) in [5.74, 6) is 1.69. The number of nitrogens with zero attached hydrogens (tertiary/aromatic N) is 5. The van der Waals surface area contributed by atoms with Crippen molar-refractivity contribution in [2.45, 2.75) is 33.1 Å². The fourth-order valence-corrected chi connectivity index (χ4v) is 4.45. The van der Waals surface area contributed by atoms with Gasteiger partial charge >= 0.3 is 0 Å². The first-order valence-corrected chi connectivity index (χ1v) is 12.0. The van der Waals surface area contributed by atoms with Crippen LogP contribution < -0.4 is 4.90 Å². The largest absolute Gasteiger partial charge is 0.354 e. The molecule has 4 aromatic rings. The van der Waals surface area contributed by atoms with Gasteiger partial charge in [-0.1, -0.05) is 60.1 Å². The fraction of sp³-hybridized carbons (Fsp3) is 0.333. The molecule has 2 aromatic carbocycles. The van der Waals surface area contributed by atoms with E-state index in [9.17, 15) is 4.79 Å². The molecule has 0 saturated carbocycles. The van der Waals surface area contributed by atoms with Gasteiger partial charge in [-0.15, -0.1) is 0 Å². The van der Waals surface area contributed by atoms with Crippen LogP contribution >= 0.6 is 0 Å². The van der Waals surface area contributed by atoms with E-state index in [1.807, 2.05) is 66.4 Å². The first kappa shape index (κ1) is 22.1. The Morgan fingerprint density at radius 3 is 2.53 bits per heavy atom. The third-order valence-electron chi connectivity index (χ3n) is 6.27. The van der Waals surface area contributed by atoms with Crippen LogP contribution in [-0.2, 0) is 6.42 Å². The van der Waals surface area contributed by atoms with Crippen LogP contribution in [0.2, 0.25) is 0 Å². The molecule has 1 saturated heterocycles. The van der Waals surface area contributed by atoms with Crippen LogP contribution in [0.25, 0.3) is 22.4 Å². The van der Waals surface area contributed by atoms with E-state index in [0.717, 1.165) is 65.2 Å². The Labute approximate surface area is 199 Å². The highest BCUT2D eigenvalue weighted by molar-refractivity contribution is 5.98. The number of hydrogen-bond donors (Lipinski definition) is 0. The van der Waals surface area contributed by atoms with E-state index in [1.54, 1.807) is 0 Å². The quantitative estimate of drug-likeness (QED) is 0.426. The Bertz CT molecular complexity index is 1280. The van der Waals surface area contributed by atoms with E-state index in [2.05, 4.69) is 22.0 Å². The molecule has 0 spiro atoms. The third-order valence-corrected chi connectivity index (χ3v) is 6.27. The average Bonchev–Trinajstić information content (AvgIpc) is 3.13. The number of benzene rings is 2. The molecule has 5 rings (SSSR count). The summed E-state index contributed by atoms with van der Waals surface area (Å²) in [4.78, 5) is 26.9.